The van der Waals surface area contributed by atoms with Gasteiger partial charge in [0.25, 0.3) is 0 Å². The summed E-state index contributed by atoms with van der Waals surface area (Å²) in [4.78, 5) is 27.7. The van der Waals surface area contributed by atoms with Gasteiger partial charge < -0.3 is 10.2 Å². The minimum atomic E-state index is -0.0321. The molecule has 1 N–H and O–H groups in total. The van der Waals surface area contributed by atoms with Crippen molar-refractivity contribution in [3.05, 3.63) is 29.8 Å². The zero-order valence-electron chi connectivity index (χ0n) is 12.9. The van der Waals surface area contributed by atoms with Crippen molar-refractivity contribution in [3.8, 4) is 0 Å². The molecule has 2 saturated heterocycles. The van der Waals surface area contributed by atoms with Gasteiger partial charge in [0, 0.05) is 24.0 Å². The highest BCUT2D eigenvalue weighted by Crippen LogP contribution is 2.22. The number of hydrogen-bond acceptors (Lipinski definition) is 3. The predicted octanol–water partition coefficient (Wildman–Crippen LogP) is 2.08. The number of fused-ring (bicyclic) bond motifs is 3. The summed E-state index contributed by atoms with van der Waals surface area (Å²) in [5.74, 6) is 0.225. The lowest BCUT2D eigenvalue weighted by Gasteiger charge is -2.27. The van der Waals surface area contributed by atoms with Gasteiger partial charge in [-0.15, -0.1) is 11.8 Å². The zero-order chi connectivity index (χ0) is 15.5. The van der Waals surface area contributed by atoms with Crippen LogP contribution < -0.4 is 5.32 Å². The highest BCUT2D eigenvalue weighted by atomic mass is 32.2. The van der Waals surface area contributed by atoms with E-state index in [9.17, 15) is 9.59 Å². The maximum absolute atomic E-state index is 12.6. The Hall–Kier alpha value is -1.49. The molecule has 0 spiro atoms. The van der Waals surface area contributed by atoms with Crippen LogP contribution in [-0.2, 0) is 16.0 Å². The number of amides is 2. The van der Waals surface area contributed by atoms with Gasteiger partial charge in [-0.2, -0.15) is 0 Å². The van der Waals surface area contributed by atoms with Gasteiger partial charge in [0.1, 0.15) is 0 Å². The Morgan fingerprint density at radius 2 is 2.05 bits per heavy atom. The van der Waals surface area contributed by atoms with E-state index in [1.807, 2.05) is 23.3 Å². The first kappa shape index (κ1) is 15.4. The SMILES string of the molecule is CSc1ccc(CC(=O)N2C[C@H]3CCC[C@@H](C2)C(=O)N3)cc1. The lowest BCUT2D eigenvalue weighted by Crippen LogP contribution is -2.42. The summed E-state index contributed by atoms with van der Waals surface area (Å²) < 4.78 is 0. The molecular weight excluding hydrogens is 296 g/mol. The number of rotatable bonds is 3. The quantitative estimate of drug-likeness (QED) is 0.868. The molecule has 0 aromatic heterocycles. The molecule has 2 atom stereocenters. The van der Waals surface area contributed by atoms with Crippen molar-refractivity contribution in [2.75, 3.05) is 19.3 Å². The Bertz CT molecular complexity index is 558. The fraction of sp³-hybridized carbons (Fsp3) is 0.529. The van der Waals surface area contributed by atoms with Crippen molar-refractivity contribution in [1.82, 2.24) is 10.2 Å². The first-order valence-electron chi connectivity index (χ1n) is 7.87. The molecule has 22 heavy (non-hydrogen) atoms. The lowest BCUT2D eigenvalue weighted by atomic mass is 9.99. The standard InChI is InChI=1S/C17H22N2O2S/c1-22-15-7-5-12(6-8-15)9-16(20)19-10-13-3-2-4-14(11-19)18-17(13)21/h5-8,13-14H,2-4,9-11H2,1H3,(H,18,21)/t13-,14+/m0/s1. The van der Waals surface area contributed by atoms with Crippen molar-refractivity contribution >= 4 is 23.6 Å². The van der Waals surface area contributed by atoms with Crippen LogP contribution in [0.1, 0.15) is 24.8 Å². The monoisotopic (exact) mass is 318 g/mol. The molecule has 0 unspecified atom stereocenters. The minimum absolute atomic E-state index is 0.0321. The minimum Gasteiger partial charge on any atom is -0.351 e. The number of carbonyl (C=O) groups excluding carboxylic acids is 2. The summed E-state index contributed by atoms with van der Waals surface area (Å²) in [5.41, 5.74) is 1.04. The van der Waals surface area contributed by atoms with E-state index in [2.05, 4.69) is 17.4 Å². The first-order valence-corrected chi connectivity index (χ1v) is 9.09. The molecular formula is C17H22N2O2S. The molecule has 2 amide bonds. The first-order chi connectivity index (χ1) is 10.7. The van der Waals surface area contributed by atoms with Crippen LogP contribution in [0.3, 0.4) is 0 Å². The van der Waals surface area contributed by atoms with E-state index in [0.29, 0.717) is 19.5 Å². The molecule has 1 aromatic rings. The highest BCUT2D eigenvalue weighted by molar-refractivity contribution is 7.98. The van der Waals surface area contributed by atoms with Crippen LogP contribution in [0.25, 0.3) is 0 Å². The third-order valence-electron chi connectivity index (χ3n) is 4.57. The average molecular weight is 318 g/mol. The average Bonchev–Trinajstić information content (AvgIpc) is 2.76. The second-order valence-corrected chi connectivity index (χ2v) is 7.04. The van der Waals surface area contributed by atoms with Crippen LogP contribution in [0.4, 0.5) is 0 Å². The maximum atomic E-state index is 12.6. The highest BCUT2D eigenvalue weighted by Gasteiger charge is 2.34. The number of benzene rings is 1. The Morgan fingerprint density at radius 1 is 1.27 bits per heavy atom. The maximum Gasteiger partial charge on any atom is 0.227 e. The Morgan fingerprint density at radius 3 is 2.77 bits per heavy atom. The fourth-order valence-electron chi connectivity index (χ4n) is 3.28. The summed E-state index contributed by atoms with van der Waals surface area (Å²) in [6.07, 6.45) is 5.41. The zero-order valence-corrected chi connectivity index (χ0v) is 13.7. The number of hydrogen-bond donors (Lipinski definition) is 1. The van der Waals surface area contributed by atoms with E-state index in [4.69, 9.17) is 0 Å². The molecule has 0 aliphatic carbocycles. The fourth-order valence-corrected chi connectivity index (χ4v) is 3.69. The molecule has 2 heterocycles. The summed E-state index contributed by atoms with van der Waals surface area (Å²) in [7, 11) is 0. The van der Waals surface area contributed by atoms with Crippen LogP contribution in [0.15, 0.2) is 29.2 Å². The molecule has 2 fully saturated rings. The molecule has 2 aliphatic rings. The van der Waals surface area contributed by atoms with Crippen molar-refractivity contribution in [2.45, 2.75) is 36.6 Å². The van der Waals surface area contributed by atoms with Crippen molar-refractivity contribution in [1.29, 1.82) is 0 Å². The number of thioether (sulfide) groups is 1. The Kier molecular flexibility index (Phi) is 4.71. The van der Waals surface area contributed by atoms with E-state index in [1.54, 1.807) is 11.8 Å². The van der Waals surface area contributed by atoms with Gasteiger partial charge in [0.2, 0.25) is 11.8 Å². The topological polar surface area (TPSA) is 49.4 Å². The van der Waals surface area contributed by atoms with Crippen LogP contribution in [0, 0.1) is 5.92 Å². The van der Waals surface area contributed by atoms with Gasteiger partial charge in [-0.3, -0.25) is 9.59 Å². The van der Waals surface area contributed by atoms with Crippen LogP contribution in [0.2, 0.25) is 0 Å². The van der Waals surface area contributed by atoms with Gasteiger partial charge in [-0.25, -0.2) is 0 Å². The smallest absolute Gasteiger partial charge is 0.227 e. The van der Waals surface area contributed by atoms with Gasteiger partial charge in [0.05, 0.1) is 12.3 Å². The summed E-state index contributed by atoms with van der Waals surface area (Å²) in [5, 5.41) is 3.07. The van der Waals surface area contributed by atoms with Crippen molar-refractivity contribution < 1.29 is 9.59 Å². The molecule has 5 heteroatoms. The Balaban J connectivity index is 1.67. The van der Waals surface area contributed by atoms with E-state index < -0.39 is 0 Å². The molecule has 1 aromatic carbocycles. The second kappa shape index (κ2) is 6.73. The Labute approximate surface area is 135 Å². The number of carbonyl (C=O) groups is 2. The van der Waals surface area contributed by atoms with Gasteiger partial charge in [-0.05, 0) is 36.8 Å². The predicted molar refractivity (Wildman–Crippen MR) is 87.8 cm³/mol. The molecule has 118 valence electrons. The van der Waals surface area contributed by atoms with Gasteiger partial charge in [-0.1, -0.05) is 18.6 Å². The van der Waals surface area contributed by atoms with Crippen LogP contribution in [-0.4, -0.2) is 42.1 Å². The molecule has 0 saturated carbocycles. The molecule has 0 radical (unpaired) electrons. The number of nitrogens with one attached hydrogen (secondary N) is 1. The van der Waals surface area contributed by atoms with Crippen molar-refractivity contribution in [2.24, 2.45) is 5.92 Å². The summed E-state index contributed by atoms with van der Waals surface area (Å²) in [6, 6.07) is 8.27. The van der Waals surface area contributed by atoms with Crippen LogP contribution >= 0.6 is 11.8 Å². The van der Waals surface area contributed by atoms with E-state index >= 15 is 0 Å². The molecule has 4 nitrogen and oxygen atoms in total. The third kappa shape index (κ3) is 3.46. The molecule has 2 aliphatic heterocycles. The summed E-state index contributed by atoms with van der Waals surface area (Å²) in [6.45, 7) is 1.23. The van der Waals surface area contributed by atoms with E-state index in [1.165, 1.54) is 4.90 Å². The summed E-state index contributed by atoms with van der Waals surface area (Å²) >= 11 is 1.70. The van der Waals surface area contributed by atoms with Crippen molar-refractivity contribution in [3.63, 3.8) is 0 Å². The third-order valence-corrected chi connectivity index (χ3v) is 5.31. The van der Waals surface area contributed by atoms with E-state index in [0.717, 1.165) is 24.8 Å². The lowest BCUT2D eigenvalue weighted by molar-refractivity contribution is -0.131. The largest absolute Gasteiger partial charge is 0.351 e. The normalized spacial score (nSPS) is 24.6. The van der Waals surface area contributed by atoms with Crippen LogP contribution in [0.5, 0.6) is 0 Å². The second-order valence-electron chi connectivity index (χ2n) is 6.16. The molecule has 2 bridgehead atoms. The number of nitrogens with zero attached hydrogens (tertiary/aromatic N) is 1. The molecule has 3 rings (SSSR count). The van der Waals surface area contributed by atoms with E-state index in [-0.39, 0.29) is 23.8 Å². The number of likely N-dealkylation sites (tertiary alicyclic amines) is 1. The van der Waals surface area contributed by atoms with Gasteiger partial charge >= 0.3 is 0 Å². The van der Waals surface area contributed by atoms with Gasteiger partial charge in [0.15, 0.2) is 0 Å².